The number of hydrogen-bond donors (Lipinski definition) is 1. The molecule has 0 atom stereocenters. The highest BCUT2D eigenvalue weighted by Crippen LogP contribution is 2.17. The van der Waals surface area contributed by atoms with Crippen LogP contribution < -0.4 is 5.73 Å². The number of anilines is 1. The fourth-order valence-electron chi connectivity index (χ4n) is 2.18. The Hall–Kier alpha value is -1.95. The van der Waals surface area contributed by atoms with Crippen LogP contribution in [0.2, 0.25) is 0 Å². The molecule has 2 N–H and O–H groups in total. The van der Waals surface area contributed by atoms with Gasteiger partial charge in [-0.1, -0.05) is 30.5 Å². The highest BCUT2D eigenvalue weighted by molar-refractivity contribution is 7.07. The molecule has 1 heterocycles. The van der Waals surface area contributed by atoms with Crippen LogP contribution in [0.15, 0.2) is 24.3 Å². The van der Waals surface area contributed by atoms with Gasteiger partial charge in [-0.2, -0.15) is 0 Å². The number of nitrogen functional groups attached to an aromatic ring is 1. The van der Waals surface area contributed by atoms with Crippen molar-refractivity contribution >= 4 is 23.1 Å². The molecule has 0 aliphatic heterocycles. The number of aromatic nitrogens is 2. The number of aryl methyl sites for hydroxylation is 1. The van der Waals surface area contributed by atoms with Gasteiger partial charge in [-0.25, -0.2) is 0 Å². The number of amides is 1. The zero-order valence-electron chi connectivity index (χ0n) is 12.4. The monoisotopic (exact) mass is 304 g/mol. The van der Waals surface area contributed by atoms with Crippen molar-refractivity contribution in [1.82, 2.24) is 14.5 Å². The summed E-state index contributed by atoms with van der Waals surface area (Å²) >= 11 is 1.17. The summed E-state index contributed by atoms with van der Waals surface area (Å²) in [7, 11) is 0. The molecule has 1 aromatic heterocycles. The average molecular weight is 304 g/mol. The van der Waals surface area contributed by atoms with Crippen LogP contribution in [0.3, 0.4) is 0 Å². The van der Waals surface area contributed by atoms with Crippen LogP contribution in [0.5, 0.6) is 0 Å². The first-order valence-corrected chi connectivity index (χ1v) is 7.88. The Labute approximate surface area is 128 Å². The number of hydrogen-bond acceptors (Lipinski definition) is 5. The molecule has 6 heteroatoms. The first-order valence-electron chi connectivity index (χ1n) is 7.10. The topological polar surface area (TPSA) is 72.1 Å². The molecule has 112 valence electrons. The van der Waals surface area contributed by atoms with Crippen molar-refractivity contribution in [2.24, 2.45) is 0 Å². The van der Waals surface area contributed by atoms with Crippen molar-refractivity contribution in [3.63, 3.8) is 0 Å². The Bertz CT molecular complexity index is 611. The van der Waals surface area contributed by atoms with Crippen LogP contribution in [0.4, 0.5) is 5.69 Å². The lowest BCUT2D eigenvalue weighted by atomic mass is 10.1. The number of rotatable bonds is 6. The molecule has 0 aliphatic rings. The summed E-state index contributed by atoms with van der Waals surface area (Å²) < 4.78 is 3.90. The minimum absolute atomic E-state index is 0.00567. The summed E-state index contributed by atoms with van der Waals surface area (Å²) in [6.07, 6.45) is 1.62. The van der Waals surface area contributed by atoms with E-state index in [-0.39, 0.29) is 5.91 Å². The lowest BCUT2D eigenvalue weighted by molar-refractivity contribution is 0.0747. The second-order valence-corrected chi connectivity index (χ2v) is 5.63. The molecule has 0 unspecified atom stereocenters. The molecule has 2 aromatic rings. The van der Waals surface area contributed by atoms with Gasteiger partial charge >= 0.3 is 0 Å². The molecule has 0 fully saturated rings. The minimum atomic E-state index is 0.00567. The Kier molecular flexibility index (Phi) is 5.27. The summed E-state index contributed by atoms with van der Waals surface area (Å²) in [5, 5.41) is 4.02. The maximum Gasteiger partial charge on any atom is 0.267 e. The largest absolute Gasteiger partial charge is 0.399 e. The summed E-state index contributed by atoms with van der Waals surface area (Å²) in [4.78, 5) is 15.2. The van der Waals surface area contributed by atoms with E-state index in [9.17, 15) is 4.79 Å². The molecule has 1 amide bonds. The number of benzene rings is 1. The fraction of sp³-hybridized carbons (Fsp3) is 0.400. The van der Waals surface area contributed by atoms with E-state index < -0.39 is 0 Å². The summed E-state index contributed by atoms with van der Waals surface area (Å²) in [5.41, 5.74) is 8.33. The van der Waals surface area contributed by atoms with E-state index in [4.69, 9.17) is 5.73 Å². The number of carbonyl (C=O) groups is 1. The van der Waals surface area contributed by atoms with Gasteiger partial charge in [-0.05, 0) is 42.1 Å². The predicted octanol–water partition coefficient (Wildman–Crippen LogP) is 2.74. The van der Waals surface area contributed by atoms with Crippen LogP contribution in [-0.4, -0.2) is 26.9 Å². The van der Waals surface area contributed by atoms with Gasteiger partial charge in [0.25, 0.3) is 5.91 Å². The van der Waals surface area contributed by atoms with Crippen molar-refractivity contribution < 1.29 is 4.79 Å². The van der Waals surface area contributed by atoms with Crippen LogP contribution in [-0.2, 0) is 13.0 Å². The third kappa shape index (κ3) is 3.78. The van der Waals surface area contributed by atoms with Crippen LogP contribution in [0, 0.1) is 0 Å². The second-order valence-electron chi connectivity index (χ2n) is 4.87. The molecule has 5 nitrogen and oxygen atoms in total. The Morgan fingerprint density at radius 3 is 2.86 bits per heavy atom. The highest BCUT2D eigenvalue weighted by atomic mass is 32.1. The van der Waals surface area contributed by atoms with E-state index in [1.807, 2.05) is 36.1 Å². The SMILES string of the molecule is CCCN(Cc1cccc(N)c1)C(=O)c1snnc1CC. The number of nitrogens with two attached hydrogens (primary N) is 1. The van der Waals surface area contributed by atoms with Crippen molar-refractivity contribution in [2.45, 2.75) is 33.2 Å². The number of carbonyl (C=O) groups excluding carboxylic acids is 1. The summed E-state index contributed by atoms with van der Waals surface area (Å²) in [6, 6.07) is 7.64. The zero-order valence-corrected chi connectivity index (χ0v) is 13.2. The fourth-order valence-corrected chi connectivity index (χ4v) is 2.90. The van der Waals surface area contributed by atoms with Crippen LogP contribution in [0.1, 0.15) is 41.2 Å². The molecule has 0 radical (unpaired) electrons. The lowest BCUT2D eigenvalue weighted by Crippen LogP contribution is -2.31. The Morgan fingerprint density at radius 1 is 1.38 bits per heavy atom. The van der Waals surface area contributed by atoms with Gasteiger partial charge in [-0.3, -0.25) is 4.79 Å². The van der Waals surface area contributed by atoms with Gasteiger partial charge in [0, 0.05) is 18.8 Å². The lowest BCUT2D eigenvalue weighted by Gasteiger charge is -2.22. The first kappa shape index (κ1) is 15.4. The molecule has 0 aliphatic carbocycles. The predicted molar refractivity (Wildman–Crippen MR) is 85.2 cm³/mol. The van der Waals surface area contributed by atoms with Crippen LogP contribution >= 0.6 is 11.5 Å². The Balaban J connectivity index is 2.20. The molecule has 0 bridgehead atoms. The van der Waals surface area contributed by atoms with Gasteiger partial charge in [-0.15, -0.1) is 5.10 Å². The maximum absolute atomic E-state index is 12.7. The zero-order chi connectivity index (χ0) is 15.2. The van der Waals surface area contributed by atoms with Gasteiger partial charge in [0.1, 0.15) is 4.88 Å². The maximum atomic E-state index is 12.7. The molecular weight excluding hydrogens is 284 g/mol. The van der Waals surface area contributed by atoms with Gasteiger partial charge in [0.05, 0.1) is 5.69 Å². The van der Waals surface area contributed by atoms with Gasteiger partial charge < -0.3 is 10.6 Å². The molecule has 2 rings (SSSR count). The van der Waals surface area contributed by atoms with Gasteiger partial charge in [0.15, 0.2) is 0 Å². The molecule has 0 saturated heterocycles. The van der Waals surface area contributed by atoms with Crippen LogP contribution in [0.25, 0.3) is 0 Å². The van der Waals surface area contributed by atoms with E-state index in [0.717, 1.165) is 24.1 Å². The molecule has 1 aromatic carbocycles. The van der Waals surface area contributed by atoms with Crippen molar-refractivity contribution in [3.8, 4) is 0 Å². The van der Waals surface area contributed by atoms with E-state index >= 15 is 0 Å². The smallest absolute Gasteiger partial charge is 0.267 e. The Morgan fingerprint density at radius 2 is 2.19 bits per heavy atom. The van der Waals surface area contributed by atoms with E-state index in [0.29, 0.717) is 23.7 Å². The van der Waals surface area contributed by atoms with E-state index in [2.05, 4.69) is 16.5 Å². The highest BCUT2D eigenvalue weighted by Gasteiger charge is 2.21. The van der Waals surface area contributed by atoms with Crippen molar-refractivity contribution in [3.05, 3.63) is 40.4 Å². The van der Waals surface area contributed by atoms with Crippen molar-refractivity contribution in [1.29, 1.82) is 0 Å². The first-order chi connectivity index (χ1) is 10.2. The normalized spacial score (nSPS) is 10.6. The third-order valence-electron chi connectivity index (χ3n) is 3.19. The summed E-state index contributed by atoms with van der Waals surface area (Å²) in [6.45, 7) is 5.30. The number of nitrogens with zero attached hydrogens (tertiary/aromatic N) is 3. The standard InChI is InChI=1S/C15H20N4OS/c1-3-8-19(10-11-6-5-7-12(16)9-11)15(20)14-13(4-2)17-18-21-14/h5-7,9H,3-4,8,10,16H2,1-2H3. The molecular formula is C15H20N4OS. The van der Waals surface area contributed by atoms with E-state index in [1.165, 1.54) is 11.5 Å². The third-order valence-corrected chi connectivity index (χ3v) is 3.95. The minimum Gasteiger partial charge on any atom is -0.399 e. The van der Waals surface area contributed by atoms with E-state index in [1.54, 1.807) is 0 Å². The van der Waals surface area contributed by atoms with Gasteiger partial charge in [0.2, 0.25) is 0 Å². The summed E-state index contributed by atoms with van der Waals surface area (Å²) in [5.74, 6) is 0.00567. The average Bonchev–Trinajstić information content (AvgIpc) is 2.94. The van der Waals surface area contributed by atoms with Crippen molar-refractivity contribution in [2.75, 3.05) is 12.3 Å². The second kappa shape index (κ2) is 7.17. The molecule has 0 spiro atoms. The quantitative estimate of drug-likeness (QED) is 0.833. The molecule has 0 saturated carbocycles. The molecule has 21 heavy (non-hydrogen) atoms.